The molecule has 1 fully saturated rings. The Bertz CT molecular complexity index is 468. The summed E-state index contributed by atoms with van der Waals surface area (Å²) in [5.74, 6) is -3.42. The Hall–Kier alpha value is -0.950. The summed E-state index contributed by atoms with van der Waals surface area (Å²) in [6.07, 6.45) is 0. The maximum absolute atomic E-state index is 14.2. The van der Waals surface area contributed by atoms with Crippen LogP contribution in [0.2, 0.25) is 0 Å². The molecule has 1 aromatic rings. The first-order chi connectivity index (χ1) is 9.47. The number of benzene rings is 1. The second-order valence-corrected chi connectivity index (χ2v) is 5.12. The number of rotatable bonds is 4. The standard InChI is InChI=1S/C14H20F2N2O2.ClH/c1-10-3-2-4-11(12(10)20)13(14(15,16)9-19)18-7-5-17-6-8-18;/h2-4,13,17,19-20H,5-9H2,1H3;1H/t13-;/m0./s1. The molecule has 2 rings (SSSR count). The van der Waals surface area contributed by atoms with Crippen molar-refractivity contribution in [3.8, 4) is 5.75 Å². The fourth-order valence-electron chi connectivity index (χ4n) is 2.62. The van der Waals surface area contributed by atoms with Gasteiger partial charge in [0, 0.05) is 31.7 Å². The highest BCUT2D eigenvalue weighted by Gasteiger charge is 2.45. The van der Waals surface area contributed by atoms with E-state index in [1.807, 2.05) is 0 Å². The molecule has 0 spiro atoms. The average Bonchev–Trinajstić information content (AvgIpc) is 2.45. The van der Waals surface area contributed by atoms with Gasteiger partial charge < -0.3 is 15.5 Å². The molecule has 0 amide bonds. The molecule has 0 bridgehead atoms. The molecular formula is C14H21ClF2N2O2. The Kier molecular flexibility index (Phi) is 6.34. The number of piperazine rings is 1. The van der Waals surface area contributed by atoms with Crippen molar-refractivity contribution >= 4 is 12.4 Å². The Morgan fingerprint density at radius 2 is 1.95 bits per heavy atom. The quantitative estimate of drug-likeness (QED) is 0.790. The number of halogens is 3. The van der Waals surface area contributed by atoms with E-state index in [0.717, 1.165) is 0 Å². The molecule has 1 atom stereocenters. The summed E-state index contributed by atoms with van der Waals surface area (Å²) in [5.41, 5.74) is 0.724. The predicted octanol–water partition coefficient (Wildman–Crippen LogP) is 1.70. The Balaban J connectivity index is 0.00000220. The number of para-hydroxylation sites is 1. The summed E-state index contributed by atoms with van der Waals surface area (Å²) < 4.78 is 28.4. The minimum Gasteiger partial charge on any atom is -0.507 e. The number of aliphatic hydroxyl groups is 1. The number of hydrogen-bond donors (Lipinski definition) is 3. The molecular weight excluding hydrogens is 302 g/mol. The number of hydrogen-bond acceptors (Lipinski definition) is 4. The number of aliphatic hydroxyl groups excluding tert-OH is 1. The Labute approximate surface area is 129 Å². The van der Waals surface area contributed by atoms with Crippen LogP contribution in [0.25, 0.3) is 0 Å². The fraction of sp³-hybridized carbons (Fsp3) is 0.571. The lowest BCUT2D eigenvalue weighted by molar-refractivity contribution is -0.119. The monoisotopic (exact) mass is 322 g/mol. The number of phenolic OH excluding ortho intramolecular Hbond substituents is 1. The Morgan fingerprint density at radius 1 is 1.33 bits per heavy atom. The van der Waals surface area contributed by atoms with Gasteiger partial charge in [-0.05, 0) is 12.5 Å². The van der Waals surface area contributed by atoms with Crippen LogP contribution in [-0.2, 0) is 0 Å². The molecule has 3 N–H and O–H groups in total. The Morgan fingerprint density at radius 3 is 2.52 bits per heavy atom. The number of alkyl halides is 2. The molecule has 4 nitrogen and oxygen atoms in total. The normalized spacial score (nSPS) is 18.1. The van der Waals surface area contributed by atoms with Crippen molar-refractivity contribution < 1.29 is 19.0 Å². The number of aromatic hydroxyl groups is 1. The number of nitrogens with zero attached hydrogens (tertiary/aromatic N) is 1. The van der Waals surface area contributed by atoms with Crippen LogP contribution in [0.4, 0.5) is 8.78 Å². The molecule has 1 aromatic carbocycles. The first kappa shape index (κ1) is 18.1. The third-order valence-corrected chi connectivity index (χ3v) is 3.69. The first-order valence-electron chi connectivity index (χ1n) is 6.69. The van der Waals surface area contributed by atoms with Crippen molar-refractivity contribution in [2.24, 2.45) is 0 Å². The SMILES string of the molecule is Cc1cccc([C@H](N2CCNCC2)C(F)(F)CO)c1O.Cl. The van der Waals surface area contributed by atoms with Crippen molar-refractivity contribution in [3.63, 3.8) is 0 Å². The van der Waals surface area contributed by atoms with Crippen LogP contribution in [0, 0.1) is 6.92 Å². The molecule has 1 aliphatic heterocycles. The van der Waals surface area contributed by atoms with Gasteiger partial charge in [-0.15, -0.1) is 12.4 Å². The molecule has 1 heterocycles. The topological polar surface area (TPSA) is 55.7 Å². The molecule has 0 aliphatic carbocycles. The molecule has 1 aliphatic rings. The van der Waals surface area contributed by atoms with E-state index in [9.17, 15) is 13.9 Å². The highest BCUT2D eigenvalue weighted by molar-refractivity contribution is 5.85. The van der Waals surface area contributed by atoms with Gasteiger partial charge in [-0.1, -0.05) is 18.2 Å². The van der Waals surface area contributed by atoms with Gasteiger partial charge in [0.1, 0.15) is 18.4 Å². The summed E-state index contributed by atoms with van der Waals surface area (Å²) in [6, 6.07) is 3.51. The van der Waals surface area contributed by atoms with Gasteiger partial charge in [0.2, 0.25) is 0 Å². The van der Waals surface area contributed by atoms with Gasteiger partial charge in [0.25, 0.3) is 5.92 Å². The van der Waals surface area contributed by atoms with Crippen LogP contribution in [0.15, 0.2) is 18.2 Å². The van der Waals surface area contributed by atoms with Crippen molar-refractivity contribution in [1.29, 1.82) is 0 Å². The second kappa shape index (κ2) is 7.35. The van der Waals surface area contributed by atoms with Gasteiger partial charge in [0.05, 0.1) is 0 Å². The van der Waals surface area contributed by atoms with E-state index < -0.39 is 18.6 Å². The molecule has 21 heavy (non-hydrogen) atoms. The maximum Gasteiger partial charge on any atom is 0.290 e. The zero-order valence-corrected chi connectivity index (χ0v) is 12.7. The van der Waals surface area contributed by atoms with Gasteiger partial charge in [0.15, 0.2) is 0 Å². The van der Waals surface area contributed by atoms with E-state index in [0.29, 0.717) is 31.7 Å². The summed E-state index contributed by atoms with van der Waals surface area (Å²) in [7, 11) is 0. The number of phenols is 1. The van der Waals surface area contributed by atoms with E-state index >= 15 is 0 Å². The number of aryl methyl sites for hydroxylation is 1. The molecule has 1 saturated heterocycles. The maximum atomic E-state index is 14.2. The van der Waals surface area contributed by atoms with Crippen LogP contribution >= 0.6 is 12.4 Å². The first-order valence-corrected chi connectivity index (χ1v) is 6.69. The summed E-state index contributed by atoms with van der Waals surface area (Å²) >= 11 is 0. The predicted molar refractivity (Wildman–Crippen MR) is 79.3 cm³/mol. The summed E-state index contributed by atoms with van der Waals surface area (Å²) in [5, 5.41) is 22.2. The minimum absolute atomic E-state index is 0. The largest absolute Gasteiger partial charge is 0.507 e. The van der Waals surface area contributed by atoms with Crippen LogP contribution in [0.5, 0.6) is 5.75 Å². The fourth-order valence-corrected chi connectivity index (χ4v) is 2.62. The van der Waals surface area contributed by atoms with Gasteiger partial charge in [-0.2, -0.15) is 0 Å². The highest BCUT2D eigenvalue weighted by Crippen LogP contribution is 2.41. The minimum atomic E-state index is -3.30. The van der Waals surface area contributed by atoms with Crippen molar-refractivity contribution in [2.75, 3.05) is 32.8 Å². The van der Waals surface area contributed by atoms with Crippen molar-refractivity contribution in [1.82, 2.24) is 10.2 Å². The average molecular weight is 323 g/mol. The van der Waals surface area contributed by atoms with Crippen molar-refractivity contribution in [3.05, 3.63) is 29.3 Å². The lowest BCUT2D eigenvalue weighted by atomic mass is 9.95. The van der Waals surface area contributed by atoms with E-state index in [1.54, 1.807) is 24.0 Å². The van der Waals surface area contributed by atoms with E-state index in [4.69, 9.17) is 5.11 Å². The van der Waals surface area contributed by atoms with Crippen molar-refractivity contribution in [2.45, 2.75) is 18.9 Å². The molecule has 0 radical (unpaired) electrons. The van der Waals surface area contributed by atoms with E-state index in [-0.39, 0.29) is 23.7 Å². The smallest absolute Gasteiger partial charge is 0.290 e. The summed E-state index contributed by atoms with van der Waals surface area (Å²) in [4.78, 5) is 1.61. The number of nitrogens with one attached hydrogen (secondary N) is 1. The van der Waals surface area contributed by atoms with E-state index in [1.165, 1.54) is 6.07 Å². The summed E-state index contributed by atoms with van der Waals surface area (Å²) in [6.45, 7) is 2.57. The zero-order valence-electron chi connectivity index (χ0n) is 11.9. The second-order valence-electron chi connectivity index (χ2n) is 5.12. The lowest BCUT2D eigenvalue weighted by Gasteiger charge is -2.39. The van der Waals surface area contributed by atoms with Crippen LogP contribution in [-0.4, -0.2) is 53.8 Å². The molecule has 7 heteroatoms. The van der Waals surface area contributed by atoms with Gasteiger partial charge in [-0.3, -0.25) is 4.90 Å². The van der Waals surface area contributed by atoms with Gasteiger partial charge >= 0.3 is 0 Å². The van der Waals surface area contributed by atoms with Crippen LogP contribution < -0.4 is 5.32 Å². The van der Waals surface area contributed by atoms with E-state index in [2.05, 4.69) is 5.32 Å². The van der Waals surface area contributed by atoms with Crippen LogP contribution in [0.1, 0.15) is 17.2 Å². The molecule has 120 valence electrons. The lowest BCUT2D eigenvalue weighted by Crippen LogP contribution is -2.51. The molecule has 0 aromatic heterocycles. The molecule has 0 unspecified atom stereocenters. The highest BCUT2D eigenvalue weighted by atomic mass is 35.5. The van der Waals surface area contributed by atoms with Gasteiger partial charge in [-0.25, -0.2) is 8.78 Å². The molecule has 0 saturated carbocycles. The zero-order chi connectivity index (χ0) is 14.8. The third-order valence-electron chi connectivity index (χ3n) is 3.69. The van der Waals surface area contributed by atoms with Crippen LogP contribution in [0.3, 0.4) is 0 Å². The third kappa shape index (κ3) is 3.83.